The van der Waals surface area contributed by atoms with Gasteiger partial charge in [0.25, 0.3) is 0 Å². The zero-order valence-corrected chi connectivity index (χ0v) is 8.92. The second-order valence-electron chi connectivity index (χ2n) is 3.35. The predicted octanol–water partition coefficient (Wildman–Crippen LogP) is 1.63. The van der Waals surface area contributed by atoms with Crippen LogP contribution in [-0.4, -0.2) is 23.2 Å². The van der Waals surface area contributed by atoms with Gasteiger partial charge in [0.2, 0.25) is 0 Å². The molecule has 0 rings (SSSR count). The second kappa shape index (κ2) is 7.40. The Kier molecular flexibility index (Phi) is 6.87. The van der Waals surface area contributed by atoms with E-state index < -0.39 is 12.0 Å². The summed E-state index contributed by atoms with van der Waals surface area (Å²) >= 11 is 0. The van der Waals surface area contributed by atoms with Crippen molar-refractivity contribution in [3.63, 3.8) is 0 Å². The van der Waals surface area contributed by atoms with Crippen molar-refractivity contribution >= 4 is 5.97 Å². The molecule has 0 saturated carbocycles. The molecule has 0 aliphatic carbocycles. The van der Waals surface area contributed by atoms with Gasteiger partial charge >= 0.3 is 5.97 Å². The molecule has 0 heterocycles. The second-order valence-corrected chi connectivity index (χ2v) is 3.35. The first-order valence-corrected chi connectivity index (χ1v) is 5.10. The fourth-order valence-electron chi connectivity index (χ4n) is 1.31. The molecule has 0 fully saturated rings. The van der Waals surface area contributed by atoms with Gasteiger partial charge in [-0.15, -0.1) is 6.42 Å². The molecule has 0 radical (unpaired) electrons. The Balaban J connectivity index is 4.12. The van der Waals surface area contributed by atoms with Gasteiger partial charge in [-0.2, -0.15) is 0 Å². The summed E-state index contributed by atoms with van der Waals surface area (Å²) in [5.74, 6) is 1.76. The summed E-state index contributed by atoms with van der Waals surface area (Å²) in [5.41, 5.74) is 0. The van der Waals surface area contributed by atoms with E-state index in [1.165, 1.54) is 0 Å². The van der Waals surface area contributed by atoms with Crippen molar-refractivity contribution in [2.45, 2.75) is 51.6 Å². The highest BCUT2D eigenvalue weighted by atomic mass is 16.4. The van der Waals surface area contributed by atoms with Gasteiger partial charge in [0.1, 0.15) is 6.04 Å². The van der Waals surface area contributed by atoms with Crippen LogP contribution in [0.4, 0.5) is 0 Å². The monoisotopic (exact) mass is 197 g/mol. The summed E-state index contributed by atoms with van der Waals surface area (Å²) in [6, 6.07) is -0.625. The molecule has 0 spiro atoms. The van der Waals surface area contributed by atoms with Gasteiger partial charge in [0.15, 0.2) is 0 Å². The van der Waals surface area contributed by atoms with Gasteiger partial charge in [-0.3, -0.25) is 10.1 Å². The molecule has 14 heavy (non-hydrogen) atoms. The summed E-state index contributed by atoms with van der Waals surface area (Å²) < 4.78 is 0. The predicted molar refractivity (Wildman–Crippen MR) is 57.0 cm³/mol. The minimum atomic E-state index is -0.816. The van der Waals surface area contributed by atoms with Crippen molar-refractivity contribution < 1.29 is 9.90 Å². The zero-order chi connectivity index (χ0) is 11.0. The summed E-state index contributed by atoms with van der Waals surface area (Å²) in [7, 11) is 0. The lowest BCUT2D eigenvalue weighted by Gasteiger charge is -2.18. The quantitative estimate of drug-likeness (QED) is 0.610. The Morgan fingerprint density at radius 2 is 2.00 bits per heavy atom. The third-order valence-corrected chi connectivity index (χ3v) is 2.06. The maximum Gasteiger partial charge on any atom is 0.320 e. The minimum absolute atomic E-state index is 0.118. The van der Waals surface area contributed by atoms with Crippen molar-refractivity contribution in [3.05, 3.63) is 0 Å². The first kappa shape index (κ1) is 13.0. The molecule has 0 amide bonds. The van der Waals surface area contributed by atoms with Gasteiger partial charge in [-0.25, -0.2) is 0 Å². The number of carboxylic acid groups (broad SMARTS) is 1. The van der Waals surface area contributed by atoms with E-state index in [9.17, 15) is 4.79 Å². The van der Waals surface area contributed by atoms with E-state index in [4.69, 9.17) is 11.5 Å². The SMILES string of the molecule is C#CC(CCC)NC(CCC)C(=O)O. The Bertz CT molecular complexity index is 208. The average Bonchev–Trinajstić information content (AvgIpc) is 2.15. The van der Waals surface area contributed by atoms with Crippen molar-refractivity contribution in [3.8, 4) is 12.3 Å². The average molecular weight is 197 g/mol. The normalized spacial score (nSPS) is 14.4. The van der Waals surface area contributed by atoms with Crippen LogP contribution >= 0.6 is 0 Å². The fraction of sp³-hybridized carbons (Fsp3) is 0.727. The van der Waals surface area contributed by atoms with Crippen LogP contribution in [0.15, 0.2) is 0 Å². The summed E-state index contributed by atoms with van der Waals surface area (Å²) in [6.45, 7) is 3.99. The molecule has 0 aliphatic heterocycles. The molecule has 2 N–H and O–H groups in total. The zero-order valence-electron chi connectivity index (χ0n) is 8.92. The molecule has 0 aliphatic rings. The molecule has 0 aromatic heterocycles. The third-order valence-electron chi connectivity index (χ3n) is 2.06. The molecular formula is C11H19NO2. The highest BCUT2D eigenvalue weighted by Gasteiger charge is 2.18. The first-order valence-electron chi connectivity index (χ1n) is 5.10. The van der Waals surface area contributed by atoms with Gasteiger partial charge in [0, 0.05) is 0 Å². The van der Waals surface area contributed by atoms with Crippen LogP contribution in [0.5, 0.6) is 0 Å². The molecule has 0 bridgehead atoms. The maximum atomic E-state index is 10.8. The number of terminal acetylenes is 1. The molecule has 0 aromatic rings. The van der Waals surface area contributed by atoms with E-state index in [1.54, 1.807) is 0 Å². The minimum Gasteiger partial charge on any atom is -0.480 e. The van der Waals surface area contributed by atoms with Crippen molar-refractivity contribution in [2.24, 2.45) is 0 Å². The molecule has 2 atom stereocenters. The Hall–Kier alpha value is -1.01. The maximum absolute atomic E-state index is 10.8. The summed E-state index contributed by atoms with van der Waals surface area (Å²) in [6.07, 6.45) is 8.54. The van der Waals surface area contributed by atoms with E-state index in [0.717, 1.165) is 19.3 Å². The van der Waals surface area contributed by atoms with Crippen molar-refractivity contribution in [1.82, 2.24) is 5.32 Å². The number of carbonyl (C=O) groups is 1. The molecule has 80 valence electrons. The number of hydrogen-bond donors (Lipinski definition) is 2. The van der Waals surface area contributed by atoms with E-state index in [1.807, 2.05) is 13.8 Å². The molecule has 0 saturated heterocycles. The van der Waals surface area contributed by atoms with Crippen LogP contribution in [0.1, 0.15) is 39.5 Å². The molecule has 3 heteroatoms. The number of hydrogen-bond acceptors (Lipinski definition) is 2. The highest BCUT2D eigenvalue weighted by Crippen LogP contribution is 2.02. The van der Waals surface area contributed by atoms with Crippen LogP contribution in [0.3, 0.4) is 0 Å². The van der Waals surface area contributed by atoms with Gasteiger partial charge in [-0.05, 0) is 12.8 Å². The van der Waals surface area contributed by atoms with Crippen LogP contribution in [0.2, 0.25) is 0 Å². The fourth-order valence-corrected chi connectivity index (χ4v) is 1.31. The van der Waals surface area contributed by atoms with Crippen molar-refractivity contribution in [1.29, 1.82) is 0 Å². The number of nitrogens with one attached hydrogen (secondary N) is 1. The van der Waals surface area contributed by atoms with E-state index in [0.29, 0.717) is 6.42 Å². The van der Waals surface area contributed by atoms with Crippen LogP contribution in [-0.2, 0) is 4.79 Å². The number of carboxylic acids is 1. The standard InChI is InChI=1S/C11H19NO2/c1-4-7-9(6-3)12-10(8-5-2)11(13)14/h3,9-10,12H,4-5,7-8H2,1-2H3,(H,13,14). The Morgan fingerprint density at radius 3 is 2.36 bits per heavy atom. The molecular weight excluding hydrogens is 178 g/mol. The first-order chi connectivity index (χ1) is 6.65. The number of aliphatic carboxylic acids is 1. The topological polar surface area (TPSA) is 49.3 Å². The van der Waals surface area contributed by atoms with Gasteiger partial charge in [0.05, 0.1) is 6.04 Å². The van der Waals surface area contributed by atoms with Crippen LogP contribution < -0.4 is 5.32 Å². The Labute approximate surface area is 85.9 Å². The van der Waals surface area contributed by atoms with Crippen molar-refractivity contribution in [2.75, 3.05) is 0 Å². The van der Waals surface area contributed by atoms with Crippen LogP contribution in [0, 0.1) is 12.3 Å². The molecule has 2 unspecified atom stereocenters. The lowest BCUT2D eigenvalue weighted by atomic mass is 10.1. The van der Waals surface area contributed by atoms with Gasteiger partial charge < -0.3 is 5.11 Å². The highest BCUT2D eigenvalue weighted by molar-refractivity contribution is 5.73. The van der Waals surface area contributed by atoms with Gasteiger partial charge in [-0.1, -0.05) is 32.6 Å². The van der Waals surface area contributed by atoms with E-state index in [2.05, 4.69) is 11.2 Å². The summed E-state index contributed by atoms with van der Waals surface area (Å²) in [5, 5.41) is 11.9. The lowest BCUT2D eigenvalue weighted by molar-refractivity contribution is -0.139. The Morgan fingerprint density at radius 1 is 1.43 bits per heavy atom. The smallest absolute Gasteiger partial charge is 0.320 e. The third kappa shape index (κ3) is 4.88. The van der Waals surface area contributed by atoms with E-state index in [-0.39, 0.29) is 6.04 Å². The molecule has 0 aromatic carbocycles. The largest absolute Gasteiger partial charge is 0.480 e. The number of rotatable bonds is 7. The van der Waals surface area contributed by atoms with Crippen LogP contribution in [0.25, 0.3) is 0 Å². The molecule has 3 nitrogen and oxygen atoms in total. The van der Waals surface area contributed by atoms with E-state index >= 15 is 0 Å². The summed E-state index contributed by atoms with van der Waals surface area (Å²) in [4.78, 5) is 10.8. The lowest BCUT2D eigenvalue weighted by Crippen LogP contribution is -2.42.